The number of nitrogens with one attached hydrogen (secondary N) is 1. The lowest BCUT2D eigenvalue weighted by atomic mass is 9.67. The van der Waals surface area contributed by atoms with Gasteiger partial charge in [-0.1, -0.05) is 91.0 Å². The molecule has 0 heterocycles. The van der Waals surface area contributed by atoms with Crippen molar-refractivity contribution in [2.45, 2.75) is 37.6 Å². The first-order valence-electron chi connectivity index (χ1n) is 10.6. The van der Waals surface area contributed by atoms with Crippen molar-refractivity contribution in [3.8, 4) is 0 Å². The van der Waals surface area contributed by atoms with Gasteiger partial charge >= 0.3 is 5.97 Å². The lowest BCUT2D eigenvalue weighted by Crippen LogP contribution is -2.44. The zero-order valence-corrected chi connectivity index (χ0v) is 18.0. The fourth-order valence-electron chi connectivity index (χ4n) is 4.07. The quantitative estimate of drug-likeness (QED) is 0.470. The Morgan fingerprint density at radius 1 is 0.781 bits per heavy atom. The van der Waals surface area contributed by atoms with Crippen LogP contribution in [0.25, 0.3) is 0 Å². The molecular weight excluding hydrogens is 402 g/mol. The number of Topliss-reactive ketones (excluding diaryl/α,β-unsaturated/α-hetero) is 1. The second-order valence-corrected chi connectivity index (χ2v) is 7.88. The summed E-state index contributed by atoms with van der Waals surface area (Å²) in [5, 5.41) is 12.2. The van der Waals surface area contributed by atoms with Crippen LogP contribution in [0.3, 0.4) is 0 Å². The maximum Gasteiger partial charge on any atom is 0.326 e. The standard InChI is InChI=1S/C27H27NO4/c1-20(29)17-18-24(26(31)32)28-25(30)19-27(21-11-5-2-6-12-21,22-13-7-3-8-14-22)23-15-9-4-10-16-23/h2-16,24H,17-19H2,1H3,(H,28,30)(H,31,32)/t24-/m1/s1. The molecule has 0 aliphatic rings. The molecular formula is C27H27NO4. The van der Waals surface area contributed by atoms with E-state index >= 15 is 0 Å². The van der Waals surface area contributed by atoms with Crippen LogP contribution >= 0.6 is 0 Å². The van der Waals surface area contributed by atoms with E-state index in [1.165, 1.54) is 6.92 Å². The zero-order chi connectivity index (χ0) is 23.0. The third-order valence-electron chi connectivity index (χ3n) is 5.64. The molecule has 0 aliphatic carbocycles. The summed E-state index contributed by atoms with van der Waals surface area (Å²) < 4.78 is 0. The largest absolute Gasteiger partial charge is 0.480 e. The van der Waals surface area contributed by atoms with E-state index in [1.54, 1.807) is 0 Å². The lowest BCUT2D eigenvalue weighted by Gasteiger charge is -2.36. The predicted molar refractivity (Wildman–Crippen MR) is 123 cm³/mol. The molecule has 0 bridgehead atoms. The summed E-state index contributed by atoms with van der Waals surface area (Å²) in [5.41, 5.74) is 1.99. The highest BCUT2D eigenvalue weighted by molar-refractivity contribution is 5.86. The normalized spacial score (nSPS) is 12.0. The number of aliphatic carboxylic acids is 1. The number of ketones is 1. The van der Waals surface area contributed by atoms with E-state index in [0.717, 1.165) is 16.7 Å². The minimum atomic E-state index is -1.15. The molecule has 0 unspecified atom stereocenters. The second kappa shape index (κ2) is 10.5. The molecule has 164 valence electrons. The maximum absolute atomic E-state index is 13.3. The summed E-state index contributed by atoms with van der Waals surface area (Å²) in [7, 11) is 0. The zero-order valence-electron chi connectivity index (χ0n) is 18.0. The summed E-state index contributed by atoms with van der Waals surface area (Å²) in [6.07, 6.45) is 0.179. The number of rotatable bonds is 10. The highest BCUT2D eigenvalue weighted by atomic mass is 16.4. The van der Waals surface area contributed by atoms with Crippen LogP contribution in [0.15, 0.2) is 91.0 Å². The van der Waals surface area contributed by atoms with Crippen molar-refractivity contribution >= 4 is 17.7 Å². The molecule has 0 aromatic heterocycles. The smallest absolute Gasteiger partial charge is 0.326 e. The van der Waals surface area contributed by atoms with Crippen molar-refractivity contribution in [1.29, 1.82) is 0 Å². The third kappa shape index (κ3) is 5.30. The van der Waals surface area contributed by atoms with Gasteiger partial charge in [0, 0.05) is 12.8 Å². The van der Waals surface area contributed by atoms with Crippen molar-refractivity contribution in [1.82, 2.24) is 5.32 Å². The highest BCUT2D eigenvalue weighted by Crippen LogP contribution is 2.42. The average Bonchev–Trinajstić information content (AvgIpc) is 2.81. The van der Waals surface area contributed by atoms with Crippen LogP contribution in [0.1, 0.15) is 42.9 Å². The Balaban J connectivity index is 2.06. The van der Waals surface area contributed by atoms with Crippen LogP contribution in [0, 0.1) is 0 Å². The van der Waals surface area contributed by atoms with Crippen LogP contribution < -0.4 is 5.32 Å². The van der Waals surface area contributed by atoms with Crippen molar-refractivity contribution in [3.05, 3.63) is 108 Å². The molecule has 0 radical (unpaired) electrons. The van der Waals surface area contributed by atoms with Crippen molar-refractivity contribution in [2.24, 2.45) is 0 Å². The van der Waals surface area contributed by atoms with E-state index in [2.05, 4.69) is 5.32 Å². The summed E-state index contributed by atoms with van der Waals surface area (Å²) in [4.78, 5) is 36.3. The van der Waals surface area contributed by atoms with Gasteiger partial charge in [0.2, 0.25) is 5.91 Å². The summed E-state index contributed by atoms with van der Waals surface area (Å²) in [6, 6.07) is 28.1. The van der Waals surface area contributed by atoms with Gasteiger partial charge in [-0.25, -0.2) is 4.79 Å². The molecule has 1 atom stereocenters. The molecule has 0 saturated heterocycles. The number of carbonyl (C=O) groups is 3. The molecule has 5 heteroatoms. The van der Waals surface area contributed by atoms with Gasteiger partial charge in [-0.3, -0.25) is 4.79 Å². The minimum absolute atomic E-state index is 0.0227. The molecule has 1 amide bonds. The Morgan fingerprint density at radius 2 is 1.19 bits per heavy atom. The number of hydrogen-bond acceptors (Lipinski definition) is 3. The predicted octanol–water partition coefficient (Wildman–Crippen LogP) is 4.35. The Kier molecular flexibility index (Phi) is 7.55. The molecule has 0 fully saturated rings. The maximum atomic E-state index is 13.3. The van der Waals surface area contributed by atoms with Gasteiger partial charge in [-0.15, -0.1) is 0 Å². The molecule has 0 saturated carbocycles. The van der Waals surface area contributed by atoms with E-state index in [1.807, 2.05) is 91.0 Å². The molecule has 32 heavy (non-hydrogen) atoms. The highest BCUT2D eigenvalue weighted by Gasteiger charge is 2.39. The van der Waals surface area contributed by atoms with Crippen molar-refractivity contribution in [3.63, 3.8) is 0 Å². The number of carbonyl (C=O) groups excluding carboxylic acids is 2. The summed E-state index contributed by atoms with van der Waals surface area (Å²) in [6.45, 7) is 1.41. The number of amides is 1. The molecule has 2 N–H and O–H groups in total. The van der Waals surface area contributed by atoms with Gasteiger partial charge < -0.3 is 15.2 Å². The van der Waals surface area contributed by atoms with Crippen LogP contribution in [0.2, 0.25) is 0 Å². The number of carboxylic acid groups (broad SMARTS) is 1. The van der Waals surface area contributed by atoms with Crippen molar-refractivity contribution in [2.75, 3.05) is 0 Å². The number of hydrogen-bond donors (Lipinski definition) is 2. The van der Waals surface area contributed by atoms with E-state index in [9.17, 15) is 19.5 Å². The van der Waals surface area contributed by atoms with Gasteiger partial charge in [-0.2, -0.15) is 0 Å². The fourth-order valence-corrected chi connectivity index (χ4v) is 4.07. The van der Waals surface area contributed by atoms with Gasteiger partial charge in [0.05, 0.1) is 5.41 Å². The number of carboxylic acids is 1. The van der Waals surface area contributed by atoms with Gasteiger partial charge in [0.1, 0.15) is 11.8 Å². The van der Waals surface area contributed by atoms with Crippen LogP contribution in [-0.2, 0) is 19.8 Å². The lowest BCUT2D eigenvalue weighted by molar-refractivity contribution is -0.142. The third-order valence-corrected chi connectivity index (χ3v) is 5.64. The topological polar surface area (TPSA) is 83.5 Å². The SMILES string of the molecule is CC(=O)CC[C@@H](NC(=O)CC(c1ccccc1)(c1ccccc1)c1ccccc1)C(=O)O. The number of benzene rings is 3. The first-order chi connectivity index (χ1) is 15.4. The molecule has 3 rings (SSSR count). The Labute approximate surface area is 188 Å². The van der Waals surface area contributed by atoms with E-state index < -0.39 is 23.3 Å². The fraction of sp³-hybridized carbons (Fsp3) is 0.222. The average molecular weight is 430 g/mol. The first kappa shape index (κ1) is 22.9. The van der Waals surface area contributed by atoms with Gasteiger partial charge in [0.15, 0.2) is 0 Å². The second-order valence-electron chi connectivity index (χ2n) is 7.88. The van der Waals surface area contributed by atoms with Gasteiger partial charge in [0.25, 0.3) is 0 Å². The Hall–Kier alpha value is -3.73. The molecule has 0 spiro atoms. The summed E-state index contributed by atoms with van der Waals surface area (Å²) >= 11 is 0. The van der Waals surface area contributed by atoms with Crippen molar-refractivity contribution < 1.29 is 19.5 Å². The molecule has 3 aromatic rings. The van der Waals surface area contributed by atoms with Crippen LogP contribution in [0.4, 0.5) is 0 Å². The van der Waals surface area contributed by atoms with Gasteiger partial charge in [-0.05, 0) is 30.0 Å². The van der Waals surface area contributed by atoms with Crippen LogP contribution in [0.5, 0.6) is 0 Å². The van der Waals surface area contributed by atoms with E-state index in [4.69, 9.17) is 0 Å². The Bertz CT molecular complexity index is 952. The first-order valence-corrected chi connectivity index (χ1v) is 10.6. The summed E-state index contributed by atoms with van der Waals surface area (Å²) in [5.74, 6) is -1.65. The monoisotopic (exact) mass is 429 g/mol. The molecule has 0 aliphatic heterocycles. The van der Waals surface area contributed by atoms with E-state index in [-0.39, 0.29) is 25.0 Å². The van der Waals surface area contributed by atoms with E-state index in [0.29, 0.717) is 0 Å². The molecule has 3 aromatic carbocycles. The van der Waals surface area contributed by atoms with Crippen LogP contribution in [-0.4, -0.2) is 28.8 Å². The minimum Gasteiger partial charge on any atom is -0.480 e. The molecule has 5 nitrogen and oxygen atoms in total. The Morgan fingerprint density at radius 3 is 1.53 bits per heavy atom.